The summed E-state index contributed by atoms with van der Waals surface area (Å²) in [5.41, 5.74) is 0.309. The molecule has 0 aliphatic rings. The Kier molecular flexibility index (Phi) is 5.09. The molecule has 0 radical (unpaired) electrons. The molecular formula is C12H17F3N2OS. The van der Waals surface area contributed by atoms with Crippen molar-refractivity contribution in [3.63, 3.8) is 0 Å². The van der Waals surface area contributed by atoms with E-state index >= 15 is 0 Å². The first-order valence-electron chi connectivity index (χ1n) is 5.75. The Bertz CT molecular complexity index is 429. The van der Waals surface area contributed by atoms with Gasteiger partial charge in [0, 0.05) is 18.3 Å². The van der Waals surface area contributed by atoms with Gasteiger partial charge < -0.3 is 0 Å². The van der Waals surface area contributed by atoms with Crippen molar-refractivity contribution in [3.8, 4) is 0 Å². The third-order valence-electron chi connectivity index (χ3n) is 2.34. The minimum atomic E-state index is -4.47. The number of hydrogen-bond acceptors (Lipinski definition) is 2. The summed E-state index contributed by atoms with van der Waals surface area (Å²) < 4.78 is 52.0. The molecule has 0 saturated carbocycles. The predicted octanol–water partition coefficient (Wildman–Crippen LogP) is 2.61. The van der Waals surface area contributed by atoms with E-state index in [1.807, 2.05) is 0 Å². The lowest BCUT2D eigenvalue weighted by Gasteiger charge is -2.25. The van der Waals surface area contributed by atoms with E-state index in [2.05, 4.69) is 9.71 Å². The summed E-state index contributed by atoms with van der Waals surface area (Å²) in [4.78, 5) is 3.86. The second-order valence-corrected chi connectivity index (χ2v) is 7.12. The molecule has 1 aromatic rings. The summed E-state index contributed by atoms with van der Waals surface area (Å²) in [6, 6.07) is 2.89. The van der Waals surface area contributed by atoms with E-state index in [0.717, 1.165) is 0 Å². The summed E-state index contributed by atoms with van der Waals surface area (Å²) >= 11 is 0. The van der Waals surface area contributed by atoms with Gasteiger partial charge in [-0.3, -0.25) is 4.98 Å². The number of aromatic nitrogens is 1. The Labute approximate surface area is 113 Å². The SMILES string of the molecule is CC(C)(C)S(=O)N[C@@H](Cc1ccccn1)C(F)(F)F. The lowest BCUT2D eigenvalue weighted by molar-refractivity contribution is -0.150. The number of pyridine rings is 1. The van der Waals surface area contributed by atoms with Crippen LogP contribution in [0.15, 0.2) is 24.4 Å². The molecule has 1 N–H and O–H groups in total. The molecule has 19 heavy (non-hydrogen) atoms. The lowest BCUT2D eigenvalue weighted by atomic mass is 10.1. The molecule has 2 atom stereocenters. The van der Waals surface area contributed by atoms with Crippen LogP contribution in [0.1, 0.15) is 26.5 Å². The molecule has 0 aliphatic heterocycles. The van der Waals surface area contributed by atoms with Crippen LogP contribution in [-0.4, -0.2) is 26.2 Å². The third kappa shape index (κ3) is 5.28. The Morgan fingerprint density at radius 3 is 2.37 bits per heavy atom. The van der Waals surface area contributed by atoms with Gasteiger partial charge in [0.05, 0.1) is 15.7 Å². The smallest absolute Gasteiger partial charge is 0.261 e. The van der Waals surface area contributed by atoms with Gasteiger partial charge in [-0.05, 0) is 32.9 Å². The van der Waals surface area contributed by atoms with Crippen LogP contribution in [0.2, 0.25) is 0 Å². The van der Waals surface area contributed by atoms with Gasteiger partial charge in [-0.1, -0.05) is 6.07 Å². The first kappa shape index (κ1) is 16.1. The average Bonchev–Trinajstić information content (AvgIpc) is 2.27. The van der Waals surface area contributed by atoms with E-state index in [9.17, 15) is 17.4 Å². The number of rotatable bonds is 4. The molecule has 0 aliphatic carbocycles. The van der Waals surface area contributed by atoms with Crippen LogP contribution in [0, 0.1) is 0 Å². The van der Waals surface area contributed by atoms with Crippen molar-refractivity contribution < 1.29 is 17.4 Å². The highest BCUT2D eigenvalue weighted by Gasteiger charge is 2.42. The summed E-state index contributed by atoms with van der Waals surface area (Å²) in [7, 11) is -1.79. The van der Waals surface area contributed by atoms with Crippen LogP contribution >= 0.6 is 0 Å². The van der Waals surface area contributed by atoms with Crippen molar-refractivity contribution in [1.82, 2.24) is 9.71 Å². The molecule has 7 heteroatoms. The molecule has 0 saturated heterocycles. The van der Waals surface area contributed by atoms with Crippen molar-refractivity contribution in [2.75, 3.05) is 0 Å². The minimum absolute atomic E-state index is 0.309. The maximum absolute atomic E-state index is 12.9. The molecule has 0 aromatic carbocycles. The largest absolute Gasteiger partial charge is 0.405 e. The van der Waals surface area contributed by atoms with Crippen molar-refractivity contribution >= 4 is 11.0 Å². The zero-order chi connectivity index (χ0) is 14.7. The van der Waals surface area contributed by atoms with E-state index in [4.69, 9.17) is 0 Å². The second-order valence-electron chi connectivity index (χ2n) is 5.12. The maximum atomic E-state index is 12.9. The molecule has 108 valence electrons. The number of nitrogens with one attached hydrogen (secondary N) is 1. The van der Waals surface area contributed by atoms with Gasteiger partial charge in [-0.15, -0.1) is 0 Å². The van der Waals surface area contributed by atoms with Crippen LogP contribution in [0.5, 0.6) is 0 Å². The normalized spacial score (nSPS) is 16.1. The van der Waals surface area contributed by atoms with Gasteiger partial charge >= 0.3 is 6.18 Å². The van der Waals surface area contributed by atoms with Gasteiger partial charge in [0.25, 0.3) is 0 Å². The van der Waals surface area contributed by atoms with Crippen LogP contribution < -0.4 is 4.72 Å². The number of hydrogen-bond donors (Lipinski definition) is 1. The summed E-state index contributed by atoms with van der Waals surface area (Å²) in [6.07, 6.45) is -3.38. The van der Waals surface area contributed by atoms with Crippen LogP contribution in [0.3, 0.4) is 0 Å². The number of alkyl halides is 3. The van der Waals surface area contributed by atoms with Crippen LogP contribution in [0.25, 0.3) is 0 Å². The highest BCUT2D eigenvalue weighted by atomic mass is 32.2. The van der Waals surface area contributed by atoms with Crippen molar-refractivity contribution in [3.05, 3.63) is 30.1 Å². The zero-order valence-electron chi connectivity index (χ0n) is 11.0. The third-order valence-corrected chi connectivity index (χ3v) is 3.95. The highest BCUT2D eigenvalue weighted by Crippen LogP contribution is 2.24. The van der Waals surface area contributed by atoms with E-state index in [0.29, 0.717) is 5.69 Å². The van der Waals surface area contributed by atoms with E-state index in [1.165, 1.54) is 12.3 Å². The quantitative estimate of drug-likeness (QED) is 0.927. The average molecular weight is 294 g/mol. The number of halogens is 3. The number of nitrogens with zero attached hydrogens (tertiary/aromatic N) is 1. The van der Waals surface area contributed by atoms with Crippen LogP contribution in [0.4, 0.5) is 13.2 Å². The standard InChI is InChI=1S/C12H17F3N2OS/c1-11(2,3)19(18)17-10(12(13,14)15)8-9-6-4-5-7-16-9/h4-7,10,17H,8H2,1-3H3/t10-,19?/m0/s1. The monoisotopic (exact) mass is 294 g/mol. The summed E-state index contributed by atoms with van der Waals surface area (Å²) in [5.74, 6) is 0. The maximum Gasteiger partial charge on any atom is 0.405 e. The molecule has 1 heterocycles. The first-order chi connectivity index (χ1) is 8.60. The Hall–Kier alpha value is -0.950. The van der Waals surface area contributed by atoms with Crippen molar-refractivity contribution in [2.45, 2.75) is 44.2 Å². The molecular weight excluding hydrogens is 277 g/mol. The highest BCUT2D eigenvalue weighted by molar-refractivity contribution is 7.84. The Morgan fingerprint density at radius 1 is 1.32 bits per heavy atom. The fourth-order valence-corrected chi connectivity index (χ4v) is 2.09. The van der Waals surface area contributed by atoms with Crippen molar-refractivity contribution in [2.24, 2.45) is 0 Å². The van der Waals surface area contributed by atoms with Gasteiger partial charge in [-0.25, -0.2) is 8.93 Å². The zero-order valence-corrected chi connectivity index (χ0v) is 11.8. The van der Waals surface area contributed by atoms with Gasteiger partial charge in [0.15, 0.2) is 0 Å². The first-order valence-corrected chi connectivity index (χ1v) is 6.90. The predicted molar refractivity (Wildman–Crippen MR) is 68.8 cm³/mol. The van der Waals surface area contributed by atoms with E-state index in [-0.39, 0.29) is 6.42 Å². The Balaban J connectivity index is 2.83. The van der Waals surface area contributed by atoms with Gasteiger partial charge in [0.1, 0.15) is 6.04 Å². The molecule has 1 aromatic heterocycles. The lowest BCUT2D eigenvalue weighted by Crippen LogP contribution is -2.48. The molecule has 0 spiro atoms. The molecule has 0 fully saturated rings. The molecule has 1 unspecified atom stereocenters. The Morgan fingerprint density at radius 2 is 1.95 bits per heavy atom. The molecule has 0 bridgehead atoms. The van der Waals surface area contributed by atoms with E-state index in [1.54, 1.807) is 32.9 Å². The summed E-state index contributed by atoms with van der Waals surface area (Å²) in [5, 5.41) is 0. The van der Waals surface area contributed by atoms with Gasteiger partial charge in [-0.2, -0.15) is 13.2 Å². The topological polar surface area (TPSA) is 42.0 Å². The van der Waals surface area contributed by atoms with E-state index < -0.39 is 28.0 Å². The molecule has 0 amide bonds. The van der Waals surface area contributed by atoms with Crippen molar-refractivity contribution in [1.29, 1.82) is 0 Å². The second kappa shape index (κ2) is 6.00. The fourth-order valence-electron chi connectivity index (χ4n) is 1.26. The molecule has 3 nitrogen and oxygen atoms in total. The summed E-state index contributed by atoms with van der Waals surface area (Å²) in [6.45, 7) is 4.85. The van der Waals surface area contributed by atoms with Gasteiger partial charge in [0.2, 0.25) is 0 Å². The molecule has 1 rings (SSSR count). The minimum Gasteiger partial charge on any atom is -0.261 e. The van der Waals surface area contributed by atoms with Crippen LogP contribution in [-0.2, 0) is 17.4 Å². The fraction of sp³-hybridized carbons (Fsp3) is 0.583.